The maximum Gasteiger partial charge on any atom is 0.283 e. The Morgan fingerprint density at radius 1 is 1.14 bits per heavy atom. The first-order valence-corrected chi connectivity index (χ1v) is 13.0. The number of nitrogens with one attached hydrogen (secondary N) is 1. The minimum Gasteiger partial charge on any atom is -0.454 e. The minimum atomic E-state index is -0.227. The van der Waals surface area contributed by atoms with Crippen LogP contribution in [0.2, 0.25) is 0 Å². The predicted molar refractivity (Wildman–Crippen MR) is 139 cm³/mol. The molecule has 0 bridgehead atoms. The van der Waals surface area contributed by atoms with Gasteiger partial charge in [-0.2, -0.15) is 0 Å². The first-order valence-electron chi connectivity index (χ1n) is 12.0. The second-order valence-corrected chi connectivity index (χ2v) is 10.2. The number of hydrogen-bond donors (Lipinski definition) is 1. The summed E-state index contributed by atoms with van der Waals surface area (Å²) in [5, 5.41) is 3.68. The van der Waals surface area contributed by atoms with Crippen molar-refractivity contribution < 1.29 is 19.1 Å². The molecule has 2 unspecified atom stereocenters. The average Bonchev–Trinajstić information content (AvgIpc) is 3.44. The molecule has 2 aromatic carbocycles. The summed E-state index contributed by atoms with van der Waals surface area (Å²) in [5.74, 6) is 1.77. The summed E-state index contributed by atoms with van der Waals surface area (Å²) in [6, 6.07) is 13.5. The summed E-state index contributed by atoms with van der Waals surface area (Å²) in [5.41, 5.74) is 2.93. The quantitative estimate of drug-likeness (QED) is 0.602. The van der Waals surface area contributed by atoms with Gasteiger partial charge in [0.05, 0.1) is 11.4 Å². The summed E-state index contributed by atoms with van der Waals surface area (Å²) >= 11 is 1.28. The lowest BCUT2D eigenvalue weighted by atomic mass is 9.86. The van der Waals surface area contributed by atoms with Crippen molar-refractivity contribution in [1.82, 2.24) is 5.32 Å². The molecule has 1 fully saturated rings. The molecule has 7 nitrogen and oxygen atoms in total. The van der Waals surface area contributed by atoms with Crippen LogP contribution in [0.5, 0.6) is 11.5 Å². The molecule has 2 aromatic rings. The van der Waals surface area contributed by atoms with E-state index in [2.05, 4.69) is 17.2 Å². The lowest BCUT2D eigenvalue weighted by Gasteiger charge is -2.29. The molecule has 0 aromatic heterocycles. The van der Waals surface area contributed by atoms with Gasteiger partial charge in [0.25, 0.3) is 5.91 Å². The summed E-state index contributed by atoms with van der Waals surface area (Å²) in [6.07, 6.45) is 6.29. The van der Waals surface area contributed by atoms with E-state index in [4.69, 9.17) is 9.47 Å². The normalized spacial score (nSPS) is 22.5. The van der Waals surface area contributed by atoms with Gasteiger partial charge in [-0.15, -0.1) is 0 Å². The second kappa shape index (κ2) is 10.2. The zero-order valence-corrected chi connectivity index (χ0v) is 20.8. The van der Waals surface area contributed by atoms with Gasteiger partial charge in [0.15, 0.2) is 16.7 Å². The fourth-order valence-corrected chi connectivity index (χ4v) is 5.41. The number of fused-ring (bicyclic) bond motifs is 1. The van der Waals surface area contributed by atoms with E-state index in [1.807, 2.05) is 49.4 Å². The number of thioether (sulfide) groups is 1. The molecule has 1 saturated carbocycles. The Labute approximate surface area is 209 Å². The molecule has 2 amide bonds. The highest BCUT2D eigenvalue weighted by Gasteiger charge is 2.33. The highest BCUT2D eigenvalue weighted by atomic mass is 32.2. The van der Waals surface area contributed by atoms with Gasteiger partial charge in [0.1, 0.15) is 5.70 Å². The maximum absolute atomic E-state index is 13.4. The van der Waals surface area contributed by atoms with E-state index in [1.54, 1.807) is 11.0 Å². The van der Waals surface area contributed by atoms with Gasteiger partial charge in [0.2, 0.25) is 12.7 Å². The van der Waals surface area contributed by atoms with Gasteiger partial charge < -0.3 is 14.8 Å². The lowest BCUT2D eigenvalue weighted by Crippen LogP contribution is -2.42. The minimum absolute atomic E-state index is 0.0269. The summed E-state index contributed by atoms with van der Waals surface area (Å²) in [7, 11) is 0. The van der Waals surface area contributed by atoms with E-state index in [9.17, 15) is 9.59 Å². The molecule has 8 heteroatoms. The van der Waals surface area contributed by atoms with Crippen LogP contribution < -0.4 is 19.7 Å². The molecule has 0 radical (unpaired) electrons. The van der Waals surface area contributed by atoms with Gasteiger partial charge in [-0.1, -0.05) is 55.3 Å². The number of hydrogen-bond acceptors (Lipinski definition) is 6. The Bertz CT molecular complexity index is 1190. The van der Waals surface area contributed by atoms with Gasteiger partial charge in [0, 0.05) is 6.04 Å². The summed E-state index contributed by atoms with van der Waals surface area (Å²) in [6.45, 7) is 4.39. The predicted octanol–water partition coefficient (Wildman–Crippen LogP) is 4.90. The van der Waals surface area contributed by atoms with Crippen molar-refractivity contribution in [3.8, 4) is 11.5 Å². The Balaban J connectivity index is 1.36. The van der Waals surface area contributed by atoms with E-state index in [1.165, 1.54) is 18.2 Å². The standard InChI is InChI=1S/C27H29N3O4S/c1-17-7-10-20(11-8-17)30-26(32)22(13-19-9-12-23-24(14-19)34-16-33-23)29-27(30)35-15-25(31)28-21-6-4-3-5-18(21)2/h7-14,18,21H,3-6,15-16H2,1-2H3,(H,28,31)/b22-13-. The van der Waals surface area contributed by atoms with Crippen molar-refractivity contribution in [2.45, 2.75) is 45.6 Å². The molecule has 3 aliphatic rings. The molecule has 0 spiro atoms. The van der Waals surface area contributed by atoms with E-state index in [0.29, 0.717) is 28.3 Å². The molecular weight excluding hydrogens is 462 g/mol. The van der Waals surface area contributed by atoms with E-state index >= 15 is 0 Å². The maximum atomic E-state index is 13.4. The highest BCUT2D eigenvalue weighted by Crippen LogP contribution is 2.35. The zero-order chi connectivity index (χ0) is 24.4. The fraction of sp³-hybridized carbons (Fsp3) is 0.370. The number of aryl methyl sites for hydroxylation is 1. The Kier molecular flexibility index (Phi) is 6.81. The third-order valence-electron chi connectivity index (χ3n) is 6.61. The number of carbonyl (C=O) groups excluding carboxylic acids is 2. The van der Waals surface area contributed by atoms with Crippen LogP contribution in [0.25, 0.3) is 6.08 Å². The molecule has 1 aliphatic carbocycles. The number of ether oxygens (including phenoxy) is 2. The van der Waals surface area contributed by atoms with Gasteiger partial charge in [-0.3, -0.25) is 14.5 Å². The first kappa shape index (κ1) is 23.5. The Morgan fingerprint density at radius 2 is 1.91 bits per heavy atom. The van der Waals surface area contributed by atoms with Gasteiger partial charge in [-0.05, 0) is 61.6 Å². The largest absolute Gasteiger partial charge is 0.454 e. The monoisotopic (exact) mass is 491 g/mol. The number of benzene rings is 2. The van der Waals surface area contributed by atoms with Crippen LogP contribution in [-0.4, -0.2) is 35.6 Å². The van der Waals surface area contributed by atoms with Crippen LogP contribution in [0.1, 0.15) is 43.7 Å². The number of anilines is 1. The number of nitrogens with zero attached hydrogens (tertiary/aromatic N) is 2. The van der Waals surface area contributed by atoms with E-state index in [0.717, 1.165) is 36.1 Å². The number of aliphatic imine (C=N–C) groups is 1. The molecule has 2 heterocycles. The third kappa shape index (κ3) is 5.22. The molecular formula is C27H29N3O4S. The Hall–Kier alpha value is -3.26. The van der Waals surface area contributed by atoms with Crippen LogP contribution in [0, 0.1) is 12.8 Å². The van der Waals surface area contributed by atoms with Crippen LogP contribution in [0.3, 0.4) is 0 Å². The number of amidine groups is 1. The van der Waals surface area contributed by atoms with Crippen LogP contribution in [-0.2, 0) is 9.59 Å². The van der Waals surface area contributed by atoms with E-state index < -0.39 is 0 Å². The first-order chi connectivity index (χ1) is 17.0. The van der Waals surface area contributed by atoms with Crippen molar-refractivity contribution in [2.75, 3.05) is 17.4 Å². The van der Waals surface area contributed by atoms with Crippen molar-refractivity contribution in [2.24, 2.45) is 10.9 Å². The molecule has 1 N–H and O–H groups in total. The second-order valence-electron chi connectivity index (χ2n) is 9.24. The number of carbonyl (C=O) groups is 2. The Morgan fingerprint density at radius 3 is 2.71 bits per heavy atom. The average molecular weight is 492 g/mol. The molecule has 2 aliphatic heterocycles. The highest BCUT2D eigenvalue weighted by molar-refractivity contribution is 8.14. The lowest BCUT2D eigenvalue weighted by molar-refractivity contribution is -0.119. The van der Waals surface area contributed by atoms with Gasteiger partial charge >= 0.3 is 0 Å². The zero-order valence-electron chi connectivity index (χ0n) is 20.0. The molecule has 0 saturated heterocycles. The van der Waals surface area contributed by atoms with Gasteiger partial charge in [-0.25, -0.2) is 4.99 Å². The topological polar surface area (TPSA) is 80.2 Å². The van der Waals surface area contributed by atoms with Crippen LogP contribution >= 0.6 is 11.8 Å². The number of amides is 2. The SMILES string of the molecule is Cc1ccc(N2C(=O)/C(=C/c3ccc4c(c3)OCO4)N=C2SCC(=O)NC2CCCCC2C)cc1. The molecule has 35 heavy (non-hydrogen) atoms. The molecule has 2 atom stereocenters. The van der Waals surface area contributed by atoms with Crippen molar-refractivity contribution in [3.63, 3.8) is 0 Å². The smallest absolute Gasteiger partial charge is 0.283 e. The molecule has 5 rings (SSSR count). The van der Waals surface area contributed by atoms with E-state index in [-0.39, 0.29) is 30.4 Å². The fourth-order valence-electron chi connectivity index (χ4n) is 4.58. The third-order valence-corrected chi connectivity index (χ3v) is 7.55. The number of rotatable bonds is 5. The van der Waals surface area contributed by atoms with Crippen LogP contribution in [0.15, 0.2) is 53.2 Å². The van der Waals surface area contributed by atoms with Crippen molar-refractivity contribution in [3.05, 3.63) is 59.3 Å². The summed E-state index contributed by atoms with van der Waals surface area (Å²) < 4.78 is 10.8. The van der Waals surface area contributed by atoms with Crippen molar-refractivity contribution in [1.29, 1.82) is 0 Å². The van der Waals surface area contributed by atoms with Crippen molar-refractivity contribution >= 4 is 40.5 Å². The van der Waals surface area contributed by atoms with Crippen LogP contribution in [0.4, 0.5) is 5.69 Å². The molecule has 182 valence electrons. The summed E-state index contributed by atoms with van der Waals surface area (Å²) in [4.78, 5) is 32.4.